The number of nitrogens with zero attached hydrogens (tertiary/aromatic N) is 1. The second-order valence-corrected chi connectivity index (χ2v) is 10.6. The second-order valence-electron chi connectivity index (χ2n) is 6.40. The van der Waals surface area contributed by atoms with Crippen LogP contribution >= 0.6 is 27.3 Å². The summed E-state index contributed by atoms with van der Waals surface area (Å²) in [6.45, 7) is 1.72. The molecule has 2 aromatic carbocycles. The fourth-order valence-electron chi connectivity index (χ4n) is 3.41. The number of fused-ring (bicyclic) bond motifs is 3. The molecule has 27 heavy (non-hydrogen) atoms. The number of methoxy groups -OCH3 is 1. The topological polar surface area (TPSA) is 72.6 Å². The molecule has 140 valence electrons. The Bertz CT molecular complexity index is 1120. The van der Waals surface area contributed by atoms with E-state index in [2.05, 4.69) is 15.9 Å². The molecule has 0 radical (unpaired) electrons. The highest BCUT2D eigenvalue weighted by Gasteiger charge is 2.45. The van der Waals surface area contributed by atoms with Crippen molar-refractivity contribution in [1.82, 2.24) is 0 Å². The van der Waals surface area contributed by atoms with E-state index in [1.165, 1.54) is 34.9 Å². The first-order valence-corrected chi connectivity index (χ1v) is 11.2. The van der Waals surface area contributed by atoms with Crippen molar-refractivity contribution < 1.29 is 13.2 Å². The highest BCUT2D eigenvalue weighted by molar-refractivity contribution is 9.11. The number of benzene rings is 2. The smallest absolute Gasteiger partial charge is 0.266 e. The molecule has 0 bridgehead atoms. The monoisotopic (exact) mass is 464 g/mol. The molecule has 0 saturated heterocycles. The van der Waals surface area contributed by atoms with Gasteiger partial charge in [0.05, 0.1) is 26.4 Å². The van der Waals surface area contributed by atoms with Gasteiger partial charge in [0, 0.05) is 11.1 Å². The first kappa shape index (κ1) is 18.5. The molecule has 0 spiro atoms. The van der Waals surface area contributed by atoms with E-state index in [-0.39, 0.29) is 4.90 Å². The summed E-state index contributed by atoms with van der Waals surface area (Å²) in [5.41, 5.74) is 7.71. The highest BCUT2D eigenvalue weighted by Crippen LogP contribution is 2.52. The van der Waals surface area contributed by atoms with E-state index in [9.17, 15) is 8.42 Å². The molecular formula is C19H17BrN2O3S2. The predicted molar refractivity (Wildman–Crippen MR) is 112 cm³/mol. The second kappa shape index (κ2) is 6.34. The summed E-state index contributed by atoms with van der Waals surface area (Å²) in [7, 11) is -2.36. The lowest BCUT2D eigenvalue weighted by Gasteiger charge is -2.43. The standard InChI is InChI=1S/C19H17BrN2O3S2/c1-19(21)15-6-4-3-5-14(15)18-16(11-17(20)26-18)22(19)27(23,24)13-9-7-12(25-2)8-10-13/h3-11H,21H2,1-2H3/t19-/m0/s1. The molecule has 1 aliphatic rings. The Morgan fingerprint density at radius 1 is 1.15 bits per heavy atom. The van der Waals surface area contributed by atoms with Crippen molar-refractivity contribution >= 4 is 43.0 Å². The van der Waals surface area contributed by atoms with Gasteiger partial charge < -0.3 is 10.5 Å². The van der Waals surface area contributed by atoms with Crippen molar-refractivity contribution in [3.8, 4) is 16.2 Å². The Hall–Kier alpha value is -1.87. The number of sulfonamides is 1. The summed E-state index contributed by atoms with van der Waals surface area (Å²) < 4.78 is 34.5. The molecule has 0 aliphatic carbocycles. The van der Waals surface area contributed by atoms with Crippen LogP contribution in [0.2, 0.25) is 0 Å². The van der Waals surface area contributed by atoms with Crippen LogP contribution in [-0.4, -0.2) is 15.5 Å². The fourth-order valence-corrected chi connectivity index (χ4v) is 6.77. The zero-order valence-electron chi connectivity index (χ0n) is 14.6. The molecule has 3 aromatic rings. The van der Waals surface area contributed by atoms with E-state index >= 15 is 0 Å². The van der Waals surface area contributed by atoms with Crippen molar-refractivity contribution in [3.63, 3.8) is 0 Å². The third-order valence-electron chi connectivity index (χ3n) is 4.64. The molecule has 8 heteroatoms. The molecule has 4 rings (SSSR count). The third-order valence-corrected chi connectivity index (χ3v) is 8.22. The normalized spacial score (nSPS) is 18.7. The molecule has 5 nitrogen and oxygen atoms in total. The van der Waals surface area contributed by atoms with E-state index in [0.717, 1.165) is 19.8 Å². The summed E-state index contributed by atoms with van der Waals surface area (Å²) in [6, 6.07) is 15.8. The Morgan fingerprint density at radius 2 is 1.81 bits per heavy atom. The van der Waals surface area contributed by atoms with Crippen LogP contribution in [0.5, 0.6) is 5.75 Å². The van der Waals surface area contributed by atoms with Crippen molar-refractivity contribution in [3.05, 3.63) is 63.9 Å². The maximum absolute atomic E-state index is 13.6. The number of ether oxygens (including phenoxy) is 1. The minimum absolute atomic E-state index is 0.160. The van der Waals surface area contributed by atoms with E-state index in [0.29, 0.717) is 11.4 Å². The largest absolute Gasteiger partial charge is 0.497 e. The van der Waals surface area contributed by atoms with Crippen molar-refractivity contribution in [2.45, 2.75) is 17.5 Å². The third kappa shape index (κ3) is 2.79. The first-order valence-electron chi connectivity index (χ1n) is 8.14. The molecule has 0 amide bonds. The van der Waals surface area contributed by atoms with Crippen LogP contribution in [0.15, 0.2) is 63.3 Å². The zero-order chi connectivity index (χ0) is 19.4. The minimum atomic E-state index is -3.90. The van der Waals surface area contributed by atoms with Gasteiger partial charge in [-0.2, -0.15) is 0 Å². The molecule has 0 unspecified atom stereocenters. The first-order chi connectivity index (χ1) is 12.8. The molecule has 1 atom stereocenters. The van der Waals surface area contributed by atoms with Gasteiger partial charge >= 0.3 is 0 Å². The van der Waals surface area contributed by atoms with Crippen LogP contribution in [-0.2, 0) is 15.7 Å². The molecular weight excluding hydrogens is 448 g/mol. The van der Waals surface area contributed by atoms with Crippen LogP contribution in [0.4, 0.5) is 5.69 Å². The van der Waals surface area contributed by atoms with E-state index < -0.39 is 15.7 Å². The lowest BCUT2D eigenvalue weighted by atomic mass is 9.91. The Morgan fingerprint density at radius 3 is 2.48 bits per heavy atom. The number of rotatable bonds is 3. The summed E-state index contributed by atoms with van der Waals surface area (Å²) in [6.07, 6.45) is 0. The summed E-state index contributed by atoms with van der Waals surface area (Å²) in [4.78, 5) is 1.03. The Kier molecular flexibility index (Phi) is 4.34. The van der Waals surface area contributed by atoms with E-state index in [1.807, 2.05) is 30.3 Å². The fraction of sp³-hybridized carbons (Fsp3) is 0.158. The van der Waals surface area contributed by atoms with Crippen molar-refractivity contribution in [2.24, 2.45) is 5.73 Å². The number of nitrogens with two attached hydrogens (primary N) is 1. The van der Waals surface area contributed by atoms with Crippen LogP contribution in [0, 0.1) is 0 Å². The number of thiophene rings is 1. The SMILES string of the molecule is COc1ccc(S(=O)(=O)N2c3cc(Br)sc3-c3ccccc3[C@@]2(C)N)cc1. The van der Waals surface area contributed by atoms with Crippen LogP contribution in [0.25, 0.3) is 10.4 Å². The van der Waals surface area contributed by atoms with Gasteiger partial charge in [0.15, 0.2) is 0 Å². The van der Waals surface area contributed by atoms with Crippen molar-refractivity contribution in [2.75, 3.05) is 11.4 Å². The molecule has 0 saturated carbocycles. The Balaban J connectivity index is 1.96. The highest BCUT2D eigenvalue weighted by atomic mass is 79.9. The number of hydrogen-bond donors (Lipinski definition) is 1. The van der Waals surface area contributed by atoms with Crippen LogP contribution in [0.1, 0.15) is 12.5 Å². The molecule has 0 fully saturated rings. The lowest BCUT2D eigenvalue weighted by molar-refractivity contribution is 0.414. The van der Waals surface area contributed by atoms with Crippen LogP contribution in [0.3, 0.4) is 0 Å². The maximum Gasteiger partial charge on any atom is 0.266 e. The summed E-state index contributed by atoms with van der Waals surface area (Å²) in [5.74, 6) is 0.590. The van der Waals surface area contributed by atoms with Gasteiger partial charge in [0.25, 0.3) is 10.0 Å². The van der Waals surface area contributed by atoms with Gasteiger partial charge in [-0.1, -0.05) is 24.3 Å². The summed E-state index contributed by atoms with van der Waals surface area (Å²) >= 11 is 4.98. The summed E-state index contributed by atoms with van der Waals surface area (Å²) in [5, 5.41) is 0. The van der Waals surface area contributed by atoms with Gasteiger partial charge in [-0.25, -0.2) is 12.7 Å². The van der Waals surface area contributed by atoms with E-state index in [4.69, 9.17) is 10.5 Å². The van der Waals surface area contributed by atoms with Gasteiger partial charge in [-0.05, 0) is 53.2 Å². The van der Waals surface area contributed by atoms with Gasteiger partial charge in [-0.3, -0.25) is 0 Å². The lowest BCUT2D eigenvalue weighted by Crippen LogP contribution is -2.55. The molecule has 2 heterocycles. The van der Waals surface area contributed by atoms with Crippen molar-refractivity contribution in [1.29, 1.82) is 0 Å². The van der Waals surface area contributed by atoms with Gasteiger partial charge in [0.2, 0.25) is 0 Å². The Labute approximate surface area is 170 Å². The molecule has 1 aliphatic heterocycles. The average Bonchev–Trinajstić information content (AvgIpc) is 3.02. The van der Waals surface area contributed by atoms with Crippen LogP contribution < -0.4 is 14.8 Å². The number of hydrogen-bond acceptors (Lipinski definition) is 5. The predicted octanol–water partition coefficient (Wildman–Crippen LogP) is 4.53. The minimum Gasteiger partial charge on any atom is -0.497 e. The van der Waals surface area contributed by atoms with Gasteiger partial charge in [0.1, 0.15) is 11.4 Å². The number of anilines is 1. The molecule has 1 aromatic heterocycles. The van der Waals surface area contributed by atoms with E-state index in [1.54, 1.807) is 19.1 Å². The average molecular weight is 465 g/mol. The molecule has 2 N–H and O–H groups in total. The maximum atomic E-state index is 13.6. The number of halogens is 1. The quantitative estimate of drug-likeness (QED) is 0.617. The zero-order valence-corrected chi connectivity index (χ0v) is 17.9. The van der Waals surface area contributed by atoms with Gasteiger partial charge in [-0.15, -0.1) is 11.3 Å².